The van der Waals surface area contributed by atoms with Gasteiger partial charge < -0.3 is 14.7 Å². The molecule has 1 amide bonds. The van der Waals surface area contributed by atoms with Crippen molar-refractivity contribution in [1.29, 1.82) is 0 Å². The molecule has 2 fully saturated rings. The average Bonchev–Trinajstić information content (AvgIpc) is 2.66. The largest absolute Gasteiger partial charge is 0.396 e. The van der Waals surface area contributed by atoms with Crippen molar-refractivity contribution in [2.75, 3.05) is 39.9 Å². The Morgan fingerprint density at radius 3 is 2.62 bits per heavy atom. The first-order valence-corrected chi connectivity index (χ1v) is 9.54. The highest BCUT2D eigenvalue weighted by molar-refractivity contribution is 5.77. The summed E-state index contributed by atoms with van der Waals surface area (Å²) in [5.74, 6) is 0.962. The van der Waals surface area contributed by atoms with Gasteiger partial charge in [-0.15, -0.1) is 0 Å². The summed E-state index contributed by atoms with van der Waals surface area (Å²) in [4.78, 5) is 25.2. The summed E-state index contributed by atoms with van der Waals surface area (Å²) in [7, 11) is 1.64. The van der Waals surface area contributed by atoms with Crippen LogP contribution in [0.3, 0.4) is 0 Å². The Kier molecular flexibility index (Phi) is 6.56. The van der Waals surface area contributed by atoms with Gasteiger partial charge in [0.15, 0.2) is 5.82 Å². The molecule has 0 bridgehead atoms. The van der Waals surface area contributed by atoms with Crippen LogP contribution in [0.1, 0.15) is 43.5 Å². The SMILES string of the molecule is COCc1ncc(CN2CCC3(CCC(=O)N(CCCO)C3)CC2)cn1. The van der Waals surface area contributed by atoms with E-state index in [0.717, 1.165) is 51.0 Å². The lowest BCUT2D eigenvalue weighted by Crippen LogP contribution is -2.51. The zero-order valence-corrected chi connectivity index (χ0v) is 15.7. The number of nitrogens with zero attached hydrogens (tertiary/aromatic N) is 4. The molecular weight excluding hydrogens is 332 g/mol. The molecule has 3 heterocycles. The van der Waals surface area contributed by atoms with Crippen LogP contribution in [0.4, 0.5) is 0 Å². The zero-order chi connectivity index (χ0) is 18.4. The van der Waals surface area contributed by atoms with Crippen LogP contribution in [-0.4, -0.2) is 70.7 Å². The first-order chi connectivity index (χ1) is 12.6. The van der Waals surface area contributed by atoms with E-state index in [1.54, 1.807) is 7.11 Å². The van der Waals surface area contributed by atoms with Crippen molar-refractivity contribution in [3.05, 3.63) is 23.8 Å². The quantitative estimate of drug-likeness (QED) is 0.785. The molecule has 7 heteroatoms. The van der Waals surface area contributed by atoms with E-state index in [4.69, 9.17) is 9.84 Å². The fourth-order valence-corrected chi connectivity index (χ4v) is 4.09. The molecule has 0 aliphatic carbocycles. The molecule has 7 nitrogen and oxygen atoms in total. The van der Waals surface area contributed by atoms with Gasteiger partial charge in [0.2, 0.25) is 5.91 Å². The summed E-state index contributed by atoms with van der Waals surface area (Å²) in [6.07, 6.45) is 8.36. The third-order valence-corrected chi connectivity index (χ3v) is 5.69. The minimum absolute atomic E-state index is 0.149. The molecule has 3 rings (SSSR count). The maximum Gasteiger partial charge on any atom is 0.222 e. The van der Waals surface area contributed by atoms with E-state index in [2.05, 4.69) is 14.9 Å². The van der Waals surface area contributed by atoms with Crippen LogP contribution in [0.25, 0.3) is 0 Å². The van der Waals surface area contributed by atoms with Crippen LogP contribution in [0.5, 0.6) is 0 Å². The van der Waals surface area contributed by atoms with Crippen molar-refractivity contribution in [3.8, 4) is 0 Å². The molecule has 1 aromatic rings. The van der Waals surface area contributed by atoms with E-state index in [-0.39, 0.29) is 17.9 Å². The van der Waals surface area contributed by atoms with Crippen molar-refractivity contribution in [3.63, 3.8) is 0 Å². The summed E-state index contributed by atoms with van der Waals surface area (Å²) in [6, 6.07) is 0. The molecule has 2 saturated heterocycles. The number of aliphatic hydroxyl groups excluding tert-OH is 1. The van der Waals surface area contributed by atoms with E-state index < -0.39 is 0 Å². The number of aromatic nitrogens is 2. The Bertz CT molecular complexity index is 585. The van der Waals surface area contributed by atoms with Gasteiger partial charge in [0.1, 0.15) is 6.61 Å². The number of piperidine rings is 2. The third kappa shape index (κ3) is 4.78. The Morgan fingerprint density at radius 1 is 1.23 bits per heavy atom. The van der Waals surface area contributed by atoms with Gasteiger partial charge in [-0.1, -0.05) is 0 Å². The van der Waals surface area contributed by atoms with Crippen molar-refractivity contribution in [2.24, 2.45) is 5.41 Å². The van der Waals surface area contributed by atoms with Gasteiger partial charge in [0.05, 0.1) is 0 Å². The number of rotatable bonds is 7. The number of hydrogen-bond acceptors (Lipinski definition) is 6. The lowest BCUT2D eigenvalue weighted by atomic mass is 9.72. The van der Waals surface area contributed by atoms with Crippen LogP contribution in [0.15, 0.2) is 12.4 Å². The molecule has 1 spiro atoms. The lowest BCUT2D eigenvalue weighted by Gasteiger charge is -2.47. The normalized spacial score (nSPS) is 20.7. The van der Waals surface area contributed by atoms with Gasteiger partial charge in [-0.2, -0.15) is 0 Å². The number of hydrogen-bond donors (Lipinski definition) is 1. The second kappa shape index (κ2) is 8.88. The minimum Gasteiger partial charge on any atom is -0.396 e. The van der Waals surface area contributed by atoms with E-state index in [0.29, 0.717) is 31.8 Å². The number of ether oxygens (including phenoxy) is 1. The summed E-state index contributed by atoms with van der Waals surface area (Å²) in [5.41, 5.74) is 1.39. The predicted octanol–water partition coefficient (Wildman–Crippen LogP) is 1.21. The van der Waals surface area contributed by atoms with Gasteiger partial charge in [0, 0.05) is 57.7 Å². The topological polar surface area (TPSA) is 78.8 Å². The van der Waals surface area contributed by atoms with Crippen molar-refractivity contribution >= 4 is 5.91 Å². The third-order valence-electron chi connectivity index (χ3n) is 5.69. The molecule has 0 aromatic carbocycles. The number of carbonyl (C=O) groups is 1. The molecule has 2 aliphatic heterocycles. The number of carbonyl (C=O) groups excluding carboxylic acids is 1. The van der Waals surface area contributed by atoms with Gasteiger partial charge in [-0.3, -0.25) is 9.69 Å². The predicted molar refractivity (Wildman–Crippen MR) is 97.2 cm³/mol. The minimum atomic E-state index is 0.149. The number of likely N-dealkylation sites (tertiary alicyclic amines) is 2. The lowest BCUT2D eigenvalue weighted by molar-refractivity contribution is -0.139. The van der Waals surface area contributed by atoms with Gasteiger partial charge in [0.25, 0.3) is 0 Å². The molecule has 0 saturated carbocycles. The van der Waals surface area contributed by atoms with Crippen molar-refractivity contribution in [1.82, 2.24) is 19.8 Å². The Morgan fingerprint density at radius 2 is 1.96 bits per heavy atom. The summed E-state index contributed by atoms with van der Waals surface area (Å²) in [5, 5.41) is 9.05. The maximum atomic E-state index is 12.1. The van der Waals surface area contributed by atoms with Gasteiger partial charge >= 0.3 is 0 Å². The van der Waals surface area contributed by atoms with E-state index >= 15 is 0 Å². The van der Waals surface area contributed by atoms with E-state index in [9.17, 15) is 4.79 Å². The number of amides is 1. The second-order valence-electron chi connectivity index (χ2n) is 7.61. The maximum absolute atomic E-state index is 12.1. The Labute approximate surface area is 155 Å². The molecule has 0 unspecified atom stereocenters. The molecule has 26 heavy (non-hydrogen) atoms. The average molecular weight is 362 g/mol. The number of methoxy groups -OCH3 is 1. The molecule has 0 atom stereocenters. The monoisotopic (exact) mass is 362 g/mol. The first-order valence-electron chi connectivity index (χ1n) is 9.54. The van der Waals surface area contributed by atoms with Crippen LogP contribution in [-0.2, 0) is 22.7 Å². The summed E-state index contributed by atoms with van der Waals surface area (Å²) >= 11 is 0. The Hall–Kier alpha value is -1.57. The molecular formula is C19H30N4O3. The van der Waals surface area contributed by atoms with Gasteiger partial charge in [-0.25, -0.2) is 9.97 Å². The molecule has 0 radical (unpaired) electrons. The number of aliphatic hydroxyl groups is 1. The van der Waals surface area contributed by atoms with Crippen LogP contribution < -0.4 is 0 Å². The highest BCUT2D eigenvalue weighted by Gasteiger charge is 2.40. The molecule has 1 N–H and O–H groups in total. The van der Waals surface area contributed by atoms with Crippen LogP contribution in [0.2, 0.25) is 0 Å². The Balaban J connectivity index is 1.51. The van der Waals surface area contributed by atoms with Crippen molar-refractivity contribution in [2.45, 2.75) is 45.3 Å². The highest BCUT2D eigenvalue weighted by Crippen LogP contribution is 2.40. The van der Waals surface area contributed by atoms with E-state index in [1.807, 2.05) is 17.3 Å². The van der Waals surface area contributed by atoms with Crippen LogP contribution in [0, 0.1) is 5.41 Å². The van der Waals surface area contributed by atoms with Crippen molar-refractivity contribution < 1.29 is 14.6 Å². The summed E-state index contributed by atoms with van der Waals surface area (Å²) in [6.45, 7) is 5.09. The second-order valence-corrected chi connectivity index (χ2v) is 7.61. The fourth-order valence-electron chi connectivity index (χ4n) is 4.09. The fraction of sp³-hybridized carbons (Fsp3) is 0.737. The van der Waals surface area contributed by atoms with Gasteiger partial charge in [-0.05, 0) is 44.2 Å². The highest BCUT2D eigenvalue weighted by atomic mass is 16.5. The zero-order valence-electron chi connectivity index (χ0n) is 15.7. The standard InChI is InChI=1S/C19H30N4O3/c1-26-14-17-20-11-16(12-21-17)13-22-8-5-19(6-9-22)4-3-18(25)23(15-19)7-2-10-24/h11-12,24H,2-10,13-15H2,1H3. The summed E-state index contributed by atoms with van der Waals surface area (Å²) < 4.78 is 5.04. The molecule has 1 aromatic heterocycles. The first kappa shape index (κ1) is 19.2. The van der Waals surface area contributed by atoms with Crippen LogP contribution >= 0.6 is 0 Å². The smallest absolute Gasteiger partial charge is 0.222 e. The molecule has 2 aliphatic rings. The van der Waals surface area contributed by atoms with E-state index in [1.165, 1.54) is 0 Å². The molecule has 144 valence electrons.